The highest BCUT2D eigenvalue weighted by atomic mass is 79.9. The van der Waals surface area contributed by atoms with Crippen LogP contribution in [0, 0.1) is 0 Å². The van der Waals surface area contributed by atoms with Crippen LogP contribution in [0.25, 0.3) is 0 Å². The minimum absolute atomic E-state index is 0.0680. The molecule has 0 aliphatic carbocycles. The number of carbonyl (C=O) groups excluding carboxylic acids is 2. The predicted octanol–water partition coefficient (Wildman–Crippen LogP) is 2.23. The zero-order chi connectivity index (χ0) is 14.7. The van der Waals surface area contributed by atoms with Gasteiger partial charge in [0.2, 0.25) is 5.91 Å². The number of carbonyl (C=O) groups is 2. The summed E-state index contributed by atoms with van der Waals surface area (Å²) in [5, 5.41) is 8.13. The van der Waals surface area contributed by atoms with E-state index in [0.717, 1.165) is 10.0 Å². The van der Waals surface area contributed by atoms with E-state index >= 15 is 0 Å². The van der Waals surface area contributed by atoms with Crippen LogP contribution in [0.15, 0.2) is 33.8 Å². The molecule has 1 aliphatic rings. The van der Waals surface area contributed by atoms with Crippen LogP contribution in [0.1, 0.15) is 31.4 Å². The second-order valence-corrected chi connectivity index (χ2v) is 5.63. The lowest BCUT2D eigenvalue weighted by Crippen LogP contribution is -2.38. The van der Waals surface area contributed by atoms with E-state index in [2.05, 4.69) is 26.3 Å². The maximum Gasteiger partial charge on any atom is 0.267 e. The Morgan fingerprint density at radius 1 is 1.45 bits per heavy atom. The number of nitrogens with one attached hydrogen (secondary N) is 1. The highest BCUT2D eigenvalue weighted by molar-refractivity contribution is 9.10. The highest BCUT2D eigenvalue weighted by Gasteiger charge is 2.23. The Hall–Kier alpha value is -1.69. The summed E-state index contributed by atoms with van der Waals surface area (Å²) in [4.78, 5) is 23.5. The van der Waals surface area contributed by atoms with Gasteiger partial charge >= 0.3 is 0 Å². The molecule has 0 saturated heterocycles. The Morgan fingerprint density at radius 3 is 2.85 bits per heavy atom. The van der Waals surface area contributed by atoms with Crippen LogP contribution in [0.3, 0.4) is 0 Å². The van der Waals surface area contributed by atoms with E-state index in [1.54, 1.807) is 7.05 Å². The van der Waals surface area contributed by atoms with Crippen molar-refractivity contribution in [2.45, 2.75) is 25.8 Å². The number of nitrogens with zero attached hydrogens (tertiary/aromatic N) is 2. The maximum absolute atomic E-state index is 12.1. The van der Waals surface area contributed by atoms with Crippen molar-refractivity contribution < 1.29 is 9.59 Å². The topological polar surface area (TPSA) is 61.8 Å². The van der Waals surface area contributed by atoms with Gasteiger partial charge in [-0.3, -0.25) is 9.59 Å². The van der Waals surface area contributed by atoms with Crippen molar-refractivity contribution in [2.24, 2.45) is 5.10 Å². The second kappa shape index (κ2) is 6.17. The number of hydrazone groups is 1. The van der Waals surface area contributed by atoms with Gasteiger partial charge in [-0.05, 0) is 24.6 Å². The first-order valence-electron chi connectivity index (χ1n) is 6.37. The largest absolute Gasteiger partial charge is 0.344 e. The van der Waals surface area contributed by atoms with Crippen LogP contribution < -0.4 is 5.32 Å². The van der Waals surface area contributed by atoms with Crippen molar-refractivity contribution in [3.05, 3.63) is 34.3 Å². The summed E-state index contributed by atoms with van der Waals surface area (Å²) in [5.41, 5.74) is 1.41. The molecule has 6 heteroatoms. The standard InChI is InChI=1S/C14H16BrN3O2/c1-9(10-4-3-5-11(15)8-10)16-14(20)12-6-7-13(19)18(2)17-12/h3-5,8-9H,6-7H2,1-2H3,(H,16,20)/t9-/m1/s1. The molecule has 1 aromatic carbocycles. The zero-order valence-electron chi connectivity index (χ0n) is 11.4. The number of hydrogen-bond donors (Lipinski definition) is 1. The lowest BCUT2D eigenvalue weighted by atomic mass is 10.1. The van der Waals surface area contributed by atoms with Crippen LogP contribution in [-0.2, 0) is 9.59 Å². The molecule has 0 radical (unpaired) electrons. The van der Waals surface area contributed by atoms with Crippen molar-refractivity contribution in [1.82, 2.24) is 10.3 Å². The van der Waals surface area contributed by atoms with Crippen LogP contribution in [-0.4, -0.2) is 29.6 Å². The van der Waals surface area contributed by atoms with E-state index in [9.17, 15) is 9.59 Å². The molecule has 106 valence electrons. The first-order valence-corrected chi connectivity index (χ1v) is 7.17. The molecule has 1 atom stereocenters. The Morgan fingerprint density at radius 2 is 2.20 bits per heavy atom. The van der Waals surface area contributed by atoms with E-state index in [0.29, 0.717) is 18.6 Å². The molecule has 0 aromatic heterocycles. The summed E-state index contributed by atoms with van der Waals surface area (Å²) < 4.78 is 0.969. The Labute approximate surface area is 126 Å². The van der Waals surface area contributed by atoms with E-state index in [1.165, 1.54) is 5.01 Å². The summed E-state index contributed by atoms with van der Waals surface area (Å²) in [5.74, 6) is -0.293. The summed E-state index contributed by atoms with van der Waals surface area (Å²) >= 11 is 3.41. The summed E-state index contributed by atoms with van der Waals surface area (Å²) in [6.45, 7) is 1.91. The first kappa shape index (κ1) is 14.7. The Balaban J connectivity index is 2.05. The fourth-order valence-electron chi connectivity index (χ4n) is 1.97. The van der Waals surface area contributed by atoms with Gasteiger partial charge in [0.05, 0.1) is 6.04 Å². The molecule has 1 N–H and O–H groups in total. The molecule has 0 unspecified atom stereocenters. The average molecular weight is 338 g/mol. The third-order valence-electron chi connectivity index (χ3n) is 3.17. The summed E-state index contributed by atoms with van der Waals surface area (Å²) in [6.07, 6.45) is 0.716. The monoisotopic (exact) mass is 337 g/mol. The average Bonchev–Trinajstić information content (AvgIpc) is 2.41. The molecule has 0 bridgehead atoms. The van der Waals surface area contributed by atoms with Crippen molar-refractivity contribution in [3.63, 3.8) is 0 Å². The third kappa shape index (κ3) is 3.45. The minimum atomic E-state index is -0.225. The van der Waals surface area contributed by atoms with E-state index in [4.69, 9.17) is 0 Å². The Kier molecular flexibility index (Phi) is 4.54. The van der Waals surface area contributed by atoms with Crippen molar-refractivity contribution in [1.29, 1.82) is 0 Å². The van der Waals surface area contributed by atoms with Crippen LogP contribution in [0.4, 0.5) is 0 Å². The Bertz CT molecular complexity index is 571. The predicted molar refractivity (Wildman–Crippen MR) is 80.1 cm³/mol. The zero-order valence-corrected chi connectivity index (χ0v) is 13.0. The van der Waals surface area contributed by atoms with Gasteiger partial charge in [0.25, 0.3) is 5.91 Å². The van der Waals surface area contributed by atoms with Crippen LogP contribution in [0.2, 0.25) is 0 Å². The molecule has 1 heterocycles. The number of rotatable bonds is 3. The van der Waals surface area contributed by atoms with Crippen molar-refractivity contribution >= 4 is 33.5 Å². The lowest BCUT2D eigenvalue weighted by molar-refractivity contribution is -0.130. The van der Waals surface area contributed by atoms with Gasteiger partial charge in [0, 0.05) is 24.4 Å². The van der Waals surface area contributed by atoms with Gasteiger partial charge in [-0.15, -0.1) is 0 Å². The summed E-state index contributed by atoms with van der Waals surface area (Å²) in [7, 11) is 1.56. The fourth-order valence-corrected chi connectivity index (χ4v) is 2.39. The van der Waals surface area contributed by atoms with Crippen LogP contribution >= 0.6 is 15.9 Å². The molecule has 5 nitrogen and oxygen atoms in total. The number of hydrogen-bond acceptors (Lipinski definition) is 3. The molecule has 1 aromatic rings. The van der Waals surface area contributed by atoms with Gasteiger partial charge in [0.1, 0.15) is 5.71 Å². The van der Waals surface area contributed by atoms with Crippen LogP contribution in [0.5, 0.6) is 0 Å². The van der Waals surface area contributed by atoms with Crippen molar-refractivity contribution in [3.8, 4) is 0 Å². The molecule has 2 rings (SSSR count). The maximum atomic E-state index is 12.1. The smallest absolute Gasteiger partial charge is 0.267 e. The lowest BCUT2D eigenvalue weighted by Gasteiger charge is -2.21. The number of amides is 2. The van der Waals surface area contributed by atoms with E-state index < -0.39 is 0 Å². The van der Waals surface area contributed by atoms with Crippen molar-refractivity contribution in [2.75, 3.05) is 7.05 Å². The summed E-state index contributed by atoms with van der Waals surface area (Å²) in [6, 6.07) is 7.65. The minimum Gasteiger partial charge on any atom is -0.344 e. The normalized spacial score (nSPS) is 16.6. The fraction of sp³-hybridized carbons (Fsp3) is 0.357. The molecule has 0 fully saturated rings. The molecule has 0 saturated carbocycles. The van der Waals surface area contributed by atoms with Gasteiger partial charge in [-0.2, -0.15) is 5.10 Å². The third-order valence-corrected chi connectivity index (χ3v) is 3.66. The quantitative estimate of drug-likeness (QED) is 0.919. The molecule has 1 aliphatic heterocycles. The molecular weight excluding hydrogens is 322 g/mol. The molecular formula is C14H16BrN3O2. The van der Waals surface area contributed by atoms with Gasteiger partial charge in [-0.1, -0.05) is 28.1 Å². The van der Waals surface area contributed by atoms with E-state index in [1.807, 2.05) is 31.2 Å². The number of benzene rings is 1. The molecule has 0 spiro atoms. The first-order chi connectivity index (χ1) is 9.47. The van der Waals surface area contributed by atoms with Gasteiger partial charge in [0.15, 0.2) is 0 Å². The highest BCUT2D eigenvalue weighted by Crippen LogP contribution is 2.18. The van der Waals surface area contributed by atoms with Gasteiger partial charge in [-0.25, -0.2) is 5.01 Å². The van der Waals surface area contributed by atoms with Gasteiger partial charge < -0.3 is 5.32 Å². The SMILES string of the molecule is C[C@@H](NC(=O)C1=NN(C)C(=O)CC1)c1cccc(Br)c1. The molecule has 20 heavy (non-hydrogen) atoms. The molecule has 2 amide bonds. The number of halogens is 1. The second-order valence-electron chi connectivity index (χ2n) is 4.71. The van der Waals surface area contributed by atoms with E-state index in [-0.39, 0.29) is 17.9 Å².